The van der Waals surface area contributed by atoms with Gasteiger partial charge in [0.05, 0.1) is 5.75 Å². The van der Waals surface area contributed by atoms with Crippen LogP contribution < -0.4 is 5.73 Å². The van der Waals surface area contributed by atoms with Gasteiger partial charge in [-0.1, -0.05) is 0 Å². The van der Waals surface area contributed by atoms with Crippen LogP contribution in [-0.2, 0) is 4.79 Å². The lowest BCUT2D eigenvalue weighted by Crippen LogP contribution is -2.45. The molecule has 0 bridgehead atoms. The maximum absolute atomic E-state index is 11.6. The standard InChI is InChI=1S/C10H20N2OS.ClH/c1-8(11)9-4-3-5-12(6-9)10(13)7-14-2;/h8-9H,3-7,11H2,1-2H3;1H. The van der Waals surface area contributed by atoms with Gasteiger partial charge < -0.3 is 10.6 Å². The van der Waals surface area contributed by atoms with Crippen molar-refractivity contribution in [2.75, 3.05) is 25.1 Å². The molecular formula is C10H21ClN2OS. The molecule has 90 valence electrons. The second kappa shape index (κ2) is 7.36. The van der Waals surface area contributed by atoms with E-state index in [1.165, 1.54) is 6.42 Å². The number of thioether (sulfide) groups is 1. The van der Waals surface area contributed by atoms with Crippen LogP contribution in [0, 0.1) is 5.92 Å². The van der Waals surface area contributed by atoms with Gasteiger partial charge in [0.1, 0.15) is 0 Å². The lowest BCUT2D eigenvalue weighted by atomic mass is 9.92. The zero-order chi connectivity index (χ0) is 10.6. The van der Waals surface area contributed by atoms with Gasteiger partial charge in [-0.05, 0) is 31.9 Å². The molecule has 0 spiro atoms. The quantitative estimate of drug-likeness (QED) is 0.825. The fraction of sp³-hybridized carbons (Fsp3) is 0.900. The van der Waals surface area contributed by atoms with Crippen LogP contribution in [0.15, 0.2) is 0 Å². The summed E-state index contributed by atoms with van der Waals surface area (Å²) in [5.41, 5.74) is 5.86. The molecule has 0 radical (unpaired) electrons. The number of hydrogen-bond acceptors (Lipinski definition) is 3. The van der Waals surface area contributed by atoms with Gasteiger partial charge in [-0.2, -0.15) is 11.8 Å². The summed E-state index contributed by atoms with van der Waals surface area (Å²) in [6, 6.07) is 0.208. The van der Waals surface area contributed by atoms with E-state index in [9.17, 15) is 4.79 Å². The van der Waals surface area contributed by atoms with E-state index in [1.54, 1.807) is 11.8 Å². The number of rotatable bonds is 3. The molecule has 1 fully saturated rings. The molecule has 2 unspecified atom stereocenters. The molecule has 1 heterocycles. The summed E-state index contributed by atoms with van der Waals surface area (Å²) in [7, 11) is 0. The lowest BCUT2D eigenvalue weighted by molar-refractivity contribution is -0.130. The predicted octanol–water partition coefficient (Wildman–Crippen LogP) is 1.36. The average molecular weight is 253 g/mol. The van der Waals surface area contributed by atoms with Gasteiger partial charge >= 0.3 is 0 Å². The topological polar surface area (TPSA) is 46.3 Å². The fourth-order valence-corrected chi connectivity index (χ4v) is 2.31. The van der Waals surface area contributed by atoms with Crippen molar-refractivity contribution in [1.29, 1.82) is 0 Å². The minimum atomic E-state index is 0. The third-order valence-corrected chi connectivity index (χ3v) is 3.36. The number of carbonyl (C=O) groups is 1. The zero-order valence-corrected chi connectivity index (χ0v) is 11.1. The molecule has 1 rings (SSSR count). The van der Waals surface area contributed by atoms with Crippen molar-refractivity contribution < 1.29 is 4.79 Å². The van der Waals surface area contributed by atoms with Gasteiger partial charge in [0.2, 0.25) is 5.91 Å². The number of nitrogens with zero attached hydrogens (tertiary/aromatic N) is 1. The first-order valence-electron chi connectivity index (χ1n) is 5.17. The first-order chi connectivity index (χ1) is 6.65. The lowest BCUT2D eigenvalue weighted by Gasteiger charge is -2.34. The van der Waals surface area contributed by atoms with Crippen molar-refractivity contribution in [2.24, 2.45) is 11.7 Å². The highest BCUT2D eigenvalue weighted by Gasteiger charge is 2.25. The summed E-state index contributed by atoms with van der Waals surface area (Å²) in [5.74, 6) is 1.36. The number of halogens is 1. The van der Waals surface area contributed by atoms with Crippen molar-refractivity contribution in [3.8, 4) is 0 Å². The monoisotopic (exact) mass is 252 g/mol. The number of likely N-dealkylation sites (tertiary alicyclic amines) is 1. The van der Waals surface area contributed by atoms with Crippen LogP contribution in [0.4, 0.5) is 0 Å². The van der Waals surface area contributed by atoms with E-state index in [-0.39, 0.29) is 24.4 Å². The van der Waals surface area contributed by atoms with Gasteiger partial charge in [0.15, 0.2) is 0 Å². The molecule has 15 heavy (non-hydrogen) atoms. The fourth-order valence-electron chi connectivity index (χ4n) is 1.88. The van der Waals surface area contributed by atoms with E-state index < -0.39 is 0 Å². The molecular weight excluding hydrogens is 232 g/mol. The molecule has 0 aromatic carbocycles. The molecule has 3 nitrogen and oxygen atoms in total. The van der Waals surface area contributed by atoms with E-state index in [2.05, 4.69) is 0 Å². The first-order valence-corrected chi connectivity index (χ1v) is 6.57. The van der Waals surface area contributed by atoms with E-state index in [1.807, 2.05) is 18.1 Å². The molecule has 2 N–H and O–H groups in total. The van der Waals surface area contributed by atoms with Crippen molar-refractivity contribution in [1.82, 2.24) is 4.90 Å². The Kier molecular flexibility index (Phi) is 7.40. The van der Waals surface area contributed by atoms with E-state index in [4.69, 9.17) is 5.73 Å². The Labute approximate surface area is 103 Å². The smallest absolute Gasteiger partial charge is 0.232 e. The Hall–Kier alpha value is 0.0700. The van der Waals surface area contributed by atoms with Crippen molar-refractivity contribution in [3.05, 3.63) is 0 Å². The van der Waals surface area contributed by atoms with Crippen LogP contribution in [0.2, 0.25) is 0 Å². The first kappa shape index (κ1) is 15.1. The third kappa shape index (κ3) is 4.62. The molecule has 1 aliphatic rings. The molecule has 0 aliphatic carbocycles. The van der Waals surface area contributed by atoms with Gasteiger partial charge in [-0.3, -0.25) is 4.79 Å². The van der Waals surface area contributed by atoms with Crippen LogP contribution in [-0.4, -0.2) is 41.9 Å². The summed E-state index contributed by atoms with van der Waals surface area (Å²) in [4.78, 5) is 13.6. The normalized spacial score (nSPS) is 23.1. The largest absolute Gasteiger partial charge is 0.342 e. The number of piperidine rings is 1. The van der Waals surface area contributed by atoms with Crippen LogP contribution in [0.1, 0.15) is 19.8 Å². The predicted molar refractivity (Wildman–Crippen MR) is 68.6 cm³/mol. The summed E-state index contributed by atoms with van der Waals surface area (Å²) in [6.45, 7) is 3.81. The van der Waals surface area contributed by atoms with Gasteiger partial charge in [-0.25, -0.2) is 0 Å². The SMILES string of the molecule is CSCC(=O)N1CCCC(C(C)N)C1.Cl. The number of carbonyl (C=O) groups excluding carboxylic acids is 1. The van der Waals surface area contributed by atoms with Gasteiger partial charge in [0, 0.05) is 19.1 Å². The molecule has 1 amide bonds. The Bertz CT molecular complexity index is 202. The highest BCUT2D eigenvalue weighted by Crippen LogP contribution is 2.19. The molecule has 5 heteroatoms. The summed E-state index contributed by atoms with van der Waals surface area (Å²) >= 11 is 1.59. The molecule has 0 aromatic rings. The van der Waals surface area contributed by atoms with Crippen LogP contribution in [0.5, 0.6) is 0 Å². The highest BCUT2D eigenvalue weighted by molar-refractivity contribution is 7.99. The molecule has 2 atom stereocenters. The van der Waals surface area contributed by atoms with E-state index >= 15 is 0 Å². The highest BCUT2D eigenvalue weighted by atomic mass is 35.5. The number of hydrogen-bond donors (Lipinski definition) is 1. The Morgan fingerprint density at radius 2 is 2.33 bits per heavy atom. The molecule has 1 saturated heterocycles. The Morgan fingerprint density at radius 1 is 1.67 bits per heavy atom. The Morgan fingerprint density at radius 3 is 2.87 bits per heavy atom. The Balaban J connectivity index is 0.00000196. The summed E-state index contributed by atoms with van der Waals surface area (Å²) in [6.07, 6.45) is 4.23. The molecule has 0 saturated carbocycles. The third-order valence-electron chi connectivity index (χ3n) is 2.82. The van der Waals surface area contributed by atoms with Crippen LogP contribution in [0.3, 0.4) is 0 Å². The van der Waals surface area contributed by atoms with Crippen LogP contribution in [0.25, 0.3) is 0 Å². The number of amides is 1. The second-order valence-electron chi connectivity index (χ2n) is 4.03. The van der Waals surface area contributed by atoms with Crippen molar-refractivity contribution in [2.45, 2.75) is 25.8 Å². The number of nitrogens with two attached hydrogens (primary N) is 1. The van der Waals surface area contributed by atoms with Crippen LogP contribution >= 0.6 is 24.2 Å². The maximum Gasteiger partial charge on any atom is 0.232 e. The summed E-state index contributed by atoms with van der Waals surface area (Å²) in [5, 5.41) is 0. The zero-order valence-electron chi connectivity index (χ0n) is 9.44. The maximum atomic E-state index is 11.6. The van der Waals surface area contributed by atoms with Crippen molar-refractivity contribution >= 4 is 30.1 Å². The summed E-state index contributed by atoms with van der Waals surface area (Å²) < 4.78 is 0. The average Bonchev–Trinajstić information content (AvgIpc) is 2.18. The molecule has 1 aliphatic heterocycles. The minimum absolute atomic E-state index is 0. The van der Waals surface area contributed by atoms with Gasteiger partial charge in [0.25, 0.3) is 0 Å². The van der Waals surface area contributed by atoms with Crippen molar-refractivity contribution in [3.63, 3.8) is 0 Å². The minimum Gasteiger partial charge on any atom is -0.342 e. The van der Waals surface area contributed by atoms with E-state index in [0.717, 1.165) is 19.5 Å². The van der Waals surface area contributed by atoms with Gasteiger partial charge in [-0.15, -0.1) is 12.4 Å². The van der Waals surface area contributed by atoms with E-state index in [0.29, 0.717) is 11.7 Å². The second-order valence-corrected chi connectivity index (χ2v) is 4.90. The molecule has 0 aromatic heterocycles.